The molecule has 4 nitrogen and oxygen atoms in total. The predicted molar refractivity (Wildman–Crippen MR) is 59.3 cm³/mol. The normalized spacial score (nSPS) is 20.7. The number of phenolic OH excluding ortho intramolecular Hbond substituents is 1. The number of thiocarbonyl (C=S) groups is 1. The van der Waals surface area contributed by atoms with Crippen LogP contribution in [-0.4, -0.2) is 16.1 Å². The molecule has 0 saturated carbocycles. The molecule has 0 bridgehead atoms. The van der Waals surface area contributed by atoms with Crippen LogP contribution >= 0.6 is 12.2 Å². The fourth-order valence-corrected chi connectivity index (χ4v) is 1.83. The SMILES string of the molecule is O=C1CC(c2ccccc2O)NC(=S)N1. The lowest BCUT2D eigenvalue weighted by Gasteiger charge is -2.25. The summed E-state index contributed by atoms with van der Waals surface area (Å²) in [5, 5.41) is 15.4. The number of phenols is 1. The van der Waals surface area contributed by atoms with Crippen LogP contribution in [0.15, 0.2) is 24.3 Å². The maximum Gasteiger partial charge on any atom is 0.228 e. The lowest BCUT2D eigenvalue weighted by atomic mass is 10.0. The first kappa shape index (κ1) is 9.92. The second-order valence-electron chi connectivity index (χ2n) is 3.34. The number of hydrogen-bond acceptors (Lipinski definition) is 3. The van der Waals surface area contributed by atoms with Gasteiger partial charge < -0.3 is 15.7 Å². The van der Waals surface area contributed by atoms with Gasteiger partial charge in [-0.3, -0.25) is 4.79 Å². The van der Waals surface area contributed by atoms with Gasteiger partial charge in [-0.1, -0.05) is 18.2 Å². The zero-order valence-electron chi connectivity index (χ0n) is 7.86. The number of aromatic hydroxyl groups is 1. The molecular formula is C10H10N2O2S. The van der Waals surface area contributed by atoms with E-state index in [0.717, 1.165) is 0 Å². The molecule has 0 aromatic heterocycles. The van der Waals surface area contributed by atoms with Gasteiger partial charge in [0.15, 0.2) is 5.11 Å². The van der Waals surface area contributed by atoms with Gasteiger partial charge in [0, 0.05) is 5.56 Å². The summed E-state index contributed by atoms with van der Waals surface area (Å²) in [6.45, 7) is 0. The van der Waals surface area contributed by atoms with Crippen molar-refractivity contribution in [1.29, 1.82) is 0 Å². The molecule has 1 fully saturated rings. The molecule has 1 aliphatic heterocycles. The highest BCUT2D eigenvalue weighted by molar-refractivity contribution is 7.80. The molecule has 3 N–H and O–H groups in total. The first-order valence-electron chi connectivity index (χ1n) is 4.55. The van der Waals surface area contributed by atoms with E-state index in [0.29, 0.717) is 10.7 Å². The Morgan fingerprint density at radius 2 is 2.13 bits per heavy atom. The van der Waals surface area contributed by atoms with E-state index in [1.54, 1.807) is 18.2 Å². The van der Waals surface area contributed by atoms with E-state index in [1.165, 1.54) is 0 Å². The van der Waals surface area contributed by atoms with Crippen LogP contribution in [0.3, 0.4) is 0 Å². The van der Waals surface area contributed by atoms with E-state index in [2.05, 4.69) is 10.6 Å². The van der Waals surface area contributed by atoms with Crippen molar-refractivity contribution in [2.24, 2.45) is 0 Å². The maximum absolute atomic E-state index is 11.2. The zero-order chi connectivity index (χ0) is 10.8. The molecule has 1 unspecified atom stereocenters. The Balaban J connectivity index is 2.27. The van der Waals surface area contributed by atoms with E-state index in [4.69, 9.17) is 12.2 Å². The number of rotatable bonds is 1. The van der Waals surface area contributed by atoms with Crippen molar-refractivity contribution in [3.05, 3.63) is 29.8 Å². The standard InChI is InChI=1S/C10H10N2O2S/c13-8-4-2-1-3-6(8)7-5-9(14)12-10(15)11-7/h1-4,7,13H,5H2,(H2,11,12,14,15). The van der Waals surface area contributed by atoms with Crippen LogP contribution in [0.1, 0.15) is 18.0 Å². The van der Waals surface area contributed by atoms with E-state index < -0.39 is 0 Å². The average Bonchev–Trinajstić information content (AvgIpc) is 2.16. The maximum atomic E-state index is 11.2. The minimum absolute atomic E-state index is 0.132. The Bertz CT molecular complexity index is 404. The van der Waals surface area contributed by atoms with Crippen molar-refractivity contribution in [2.45, 2.75) is 12.5 Å². The third kappa shape index (κ3) is 2.07. The quantitative estimate of drug-likeness (QED) is 0.616. The number of para-hydroxylation sites is 1. The molecule has 1 amide bonds. The van der Waals surface area contributed by atoms with Crippen LogP contribution in [-0.2, 0) is 4.79 Å². The van der Waals surface area contributed by atoms with Crippen molar-refractivity contribution in [3.8, 4) is 5.75 Å². The lowest BCUT2D eigenvalue weighted by Crippen LogP contribution is -2.47. The third-order valence-corrected chi connectivity index (χ3v) is 2.48. The molecule has 1 heterocycles. The predicted octanol–water partition coefficient (Wildman–Crippen LogP) is 0.828. The molecule has 0 aliphatic carbocycles. The Hall–Kier alpha value is -1.62. The first-order valence-corrected chi connectivity index (χ1v) is 4.96. The summed E-state index contributed by atoms with van der Waals surface area (Å²) in [6, 6.07) is 6.67. The molecule has 1 atom stereocenters. The second kappa shape index (κ2) is 3.86. The summed E-state index contributed by atoms with van der Waals surface area (Å²) in [5.74, 6) is 0.0412. The van der Waals surface area contributed by atoms with Crippen LogP contribution in [0.25, 0.3) is 0 Å². The fraction of sp³-hybridized carbons (Fsp3) is 0.200. The highest BCUT2D eigenvalue weighted by atomic mass is 32.1. The number of carbonyl (C=O) groups is 1. The summed E-state index contributed by atoms with van der Waals surface area (Å²) < 4.78 is 0. The number of benzene rings is 1. The van der Waals surface area contributed by atoms with Crippen molar-refractivity contribution in [2.75, 3.05) is 0 Å². The molecule has 78 valence electrons. The zero-order valence-corrected chi connectivity index (χ0v) is 8.67. The van der Waals surface area contributed by atoms with Crippen LogP contribution < -0.4 is 10.6 Å². The average molecular weight is 222 g/mol. The summed E-state index contributed by atoms with van der Waals surface area (Å²) in [7, 11) is 0. The molecule has 2 rings (SSSR count). The molecule has 1 aliphatic rings. The summed E-state index contributed by atoms with van der Waals surface area (Å²) in [4.78, 5) is 11.2. The van der Waals surface area contributed by atoms with Crippen molar-refractivity contribution >= 4 is 23.2 Å². The van der Waals surface area contributed by atoms with Crippen LogP contribution in [0.5, 0.6) is 5.75 Å². The Morgan fingerprint density at radius 1 is 1.40 bits per heavy atom. The van der Waals surface area contributed by atoms with Gasteiger partial charge in [0.2, 0.25) is 5.91 Å². The van der Waals surface area contributed by atoms with Gasteiger partial charge in [-0.2, -0.15) is 0 Å². The topological polar surface area (TPSA) is 61.4 Å². The van der Waals surface area contributed by atoms with Gasteiger partial charge in [-0.15, -0.1) is 0 Å². The highest BCUT2D eigenvalue weighted by Crippen LogP contribution is 2.26. The van der Waals surface area contributed by atoms with Crippen LogP contribution in [0, 0.1) is 0 Å². The largest absolute Gasteiger partial charge is 0.508 e. The first-order chi connectivity index (χ1) is 7.16. The molecule has 1 aromatic carbocycles. The van der Waals surface area contributed by atoms with Crippen molar-refractivity contribution in [1.82, 2.24) is 10.6 Å². The van der Waals surface area contributed by atoms with Crippen LogP contribution in [0.2, 0.25) is 0 Å². The van der Waals surface area contributed by atoms with Gasteiger partial charge in [-0.05, 0) is 18.3 Å². The van der Waals surface area contributed by atoms with Crippen LogP contribution in [0.4, 0.5) is 0 Å². The summed E-state index contributed by atoms with van der Waals surface area (Å²) >= 11 is 4.88. The number of hydrogen-bond donors (Lipinski definition) is 3. The van der Waals surface area contributed by atoms with E-state index in [9.17, 15) is 9.90 Å². The van der Waals surface area contributed by atoms with E-state index in [1.807, 2.05) is 6.07 Å². The molecule has 0 spiro atoms. The molecule has 15 heavy (non-hydrogen) atoms. The van der Waals surface area contributed by atoms with Gasteiger partial charge in [0.1, 0.15) is 5.75 Å². The Morgan fingerprint density at radius 3 is 2.80 bits per heavy atom. The summed E-state index contributed by atoms with van der Waals surface area (Å²) in [6.07, 6.45) is 0.276. The van der Waals surface area contributed by atoms with Gasteiger partial charge >= 0.3 is 0 Å². The minimum atomic E-state index is -0.243. The van der Waals surface area contributed by atoms with Gasteiger partial charge in [0.05, 0.1) is 12.5 Å². The smallest absolute Gasteiger partial charge is 0.228 e. The summed E-state index contributed by atoms with van der Waals surface area (Å²) in [5.41, 5.74) is 0.690. The molecule has 1 saturated heterocycles. The van der Waals surface area contributed by atoms with E-state index >= 15 is 0 Å². The second-order valence-corrected chi connectivity index (χ2v) is 3.75. The molecule has 5 heteroatoms. The molecule has 1 aromatic rings. The highest BCUT2D eigenvalue weighted by Gasteiger charge is 2.24. The lowest BCUT2D eigenvalue weighted by molar-refractivity contribution is -0.120. The van der Waals surface area contributed by atoms with E-state index in [-0.39, 0.29) is 24.1 Å². The molecular weight excluding hydrogens is 212 g/mol. The monoisotopic (exact) mass is 222 g/mol. The van der Waals surface area contributed by atoms with Gasteiger partial charge in [0.25, 0.3) is 0 Å². The Labute approximate surface area is 92.3 Å². The number of carbonyl (C=O) groups excluding carboxylic acids is 1. The fourth-order valence-electron chi connectivity index (χ4n) is 1.58. The Kier molecular flexibility index (Phi) is 2.55. The number of nitrogens with one attached hydrogen (secondary N) is 2. The molecule has 0 radical (unpaired) electrons. The van der Waals surface area contributed by atoms with Crippen molar-refractivity contribution < 1.29 is 9.90 Å². The van der Waals surface area contributed by atoms with Crippen molar-refractivity contribution in [3.63, 3.8) is 0 Å². The third-order valence-electron chi connectivity index (χ3n) is 2.26. The minimum Gasteiger partial charge on any atom is -0.508 e. The number of amides is 1. The van der Waals surface area contributed by atoms with Gasteiger partial charge in [-0.25, -0.2) is 0 Å².